The Kier molecular flexibility index (Phi) is 7.46. The molecule has 0 heterocycles. The number of hydrogen-bond acceptors (Lipinski definition) is 3. The Morgan fingerprint density at radius 2 is 1.70 bits per heavy atom. The predicted octanol–water partition coefficient (Wildman–Crippen LogP) is 6.70. The van der Waals surface area contributed by atoms with Crippen LogP contribution in [0.5, 0.6) is 5.75 Å². The molecule has 2 rings (SSSR count). The average molecular weight is 431 g/mol. The molecule has 5 heteroatoms. The van der Waals surface area contributed by atoms with Crippen molar-refractivity contribution in [2.75, 3.05) is 11.1 Å². The van der Waals surface area contributed by atoms with Crippen molar-refractivity contribution in [3.63, 3.8) is 0 Å². The molecule has 0 aromatic heterocycles. The first-order valence-corrected chi connectivity index (χ1v) is 11.0. The van der Waals surface area contributed by atoms with Crippen LogP contribution in [0, 0.1) is 0 Å². The number of benzene rings is 2. The lowest BCUT2D eigenvalue weighted by molar-refractivity contribution is -0.122. The van der Waals surface area contributed by atoms with Crippen molar-refractivity contribution in [3.8, 4) is 5.75 Å². The third-order valence-corrected chi connectivity index (χ3v) is 6.54. The highest BCUT2D eigenvalue weighted by atomic mass is 35.5. The van der Waals surface area contributed by atoms with E-state index in [4.69, 9.17) is 22.1 Å². The molecule has 0 aliphatic heterocycles. The molecule has 0 saturated carbocycles. The summed E-state index contributed by atoms with van der Waals surface area (Å²) in [5, 5.41) is 3.30. The molecule has 2 aromatic carbocycles. The number of amides is 1. The molecule has 0 aliphatic rings. The van der Waals surface area contributed by atoms with Crippen molar-refractivity contribution in [1.82, 2.24) is 0 Å². The molecule has 4 nitrogen and oxygen atoms in total. The third kappa shape index (κ3) is 5.48. The molecule has 2 aromatic rings. The van der Waals surface area contributed by atoms with E-state index < -0.39 is 6.10 Å². The Morgan fingerprint density at radius 1 is 1.07 bits per heavy atom. The molecule has 30 heavy (non-hydrogen) atoms. The van der Waals surface area contributed by atoms with E-state index in [0.717, 1.165) is 24.2 Å². The zero-order valence-corrected chi connectivity index (χ0v) is 20.0. The SMILES string of the molecule is CCC(C)(C)c1ccc(OC(C)C(=O)Nc2ccc(Cl)c(N)c2)c(C(C)(C)CC)c1. The van der Waals surface area contributed by atoms with E-state index in [-0.39, 0.29) is 16.7 Å². The minimum absolute atomic E-state index is 0.0734. The Labute approximate surface area is 186 Å². The summed E-state index contributed by atoms with van der Waals surface area (Å²) in [6.07, 6.45) is 1.34. The van der Waals surface area contributed by atoms with Crippen LogP contribution >= 0.6 is 11.6 Å². The van der Waals surface area contributed by atoms with Crippen LogP contribution < -0.4 is 15.8 Å². The van der Waals surface area contributed by atoms with Gasteiger partial charge in [0, 0.05) is 11.3 Å². The first-order chi connectivity index (χ1) is 13.9. The lowest BCUT2D eigenvalue weighted by Gasteiger charge is -2.31. The standard InChI is InChI=1S/C25H35ClN2O2/c1-8-24(4,5)17-10-13-22(19(14-17)25(6,7)9-2)30-16(3)23(29)28-18-11-12-20(26)21(27)15-18/h10-16H,8-9,27H2,1-7H3,(H,28,29). The van der Waals surface area contributed by atoms with Gasteiger partial charge < -0.3 is 15.8 Å². The van der Waals surface area contributed by atoms with Crippen LogP contribution in [0.2, 0.25) is 5.02 Å². The van der Waals surface area contributed by atoms with Crippen molar-refractivity contribution in [2.45, 2.75) is 78.2 Å². The smallest absolute Gasteiger partial charge is 0.265 e. The van der Waals surface area contributed by atoms with E-state index in [9.17, 15) is 4.79 Å². The van der Waals surface area contributed by atoms with Gasteiger partial charge in [-0.2, -0.15) is 0 Å². The number of hydrogen-bond donors (Lipinski definition) is 2. The molecular formula is C25H35ClN2O2. The molecule has 1 unspecified atom stereocenters. The lowest BCUT2D eigenvalue weighted by Crippen LogP contribution is -2.31. The number of nitrogens with two attached hydrogens (primary N) is 1. The molecule has 0 bridgehead atoms. The van der Waals surface area contributed by atoms with E-state index in [0.29, 0.717) is 16.4 Å². The highest BCUT2D eigenvalue weighted by molar-refractivity contribution is 6.33. The Morgan fingerprint density at radius 3 is 2.27 bits per heavy atom. The topological polar surface area (TPSA) is 64.3 Å². The summed E-state index contributed by atoms with van der Waals surface area (Å²) in [5.41, 5.74) is 9.24. The van der Waals surface area contributed by atoms with Gasteiger partial charge in [-0.1, -0.05) is 65.3 Å². The molecule has 0 fully saturated rings. The number of carbonyl (C=O) groups excluding carboxylic acids is 1. The van der Waals surface area contributed by atoms with Crippen LogP contribution in [-0.4, -0.2) is 12.0 Å². The summed E-state index contributed by atoms with van der Waals surface area (Å²) >= 11 is 5.95. The maximum atomic E-state index is 12.7. The minimum Gasteiger partial charge on any atom is -0.481 e. The summed E-state index contributed by atoms with van der Waals surface area (Å²) < 4.78 is 6.15. The summed E-state index contributed by atoms with van der Waals surface area (Å²) in [7, 11) is 0. The number of rotatable bonds is 8. The van der Waals surface area contributed by atoms with Gasteiger partial charge in [-0.05, 0) is 60.4 Å². The molecule has 0 spiro atoms. The van der Waals surface area contributed by atoms with Gasteiger partial charge in [-0.15, -0.1) is 0 Å². The van der Waals surface area contributed by atoms with Crippen LogP contribution in [0.1, 0.15) is 72.4 Å². The Balaban J connectivity index is 2.29. The Bertz CT molecular complexity index is 906. The molecule has 1 atom stereocenters. The number of anilines is 2. The fraction of sp³-hybridized carbons (Fsp3) is 0.480. The van der Waals surface area contributed by atoms with E-state index in [1.807, 2.05) is 6.07 Å². The molecule has 1 amide bonds. The number of halogens is 1. The Hall–Kier alpha value is -2.20. The third-order valence-electron chi connectivity index (χ3n) is 6.19. The van der Waals surface area contributed by atoms with Crippen LogP contribution in [0.4, 0.5) is 11.4 Å². The fourth-order valence-electron chi connectivity index (χ4n) is 3.09. The molecule has 0 radical (unpaired) electrons. The fourth-order valence-corrected chi connectivity index (χ4v) is 3.20. The largest absolute Gasteiger partial charge is 0.481 e. The molecule has 164 valence electrons. The van der Waals surface area contributed by atoms with Crippen LogP contribution in [0.3, 0.4) is 0 Å². The van der Waals surface area contributed by atoms with Crippen molar-refractivity contribution in [1.29, 1.82) is 0 Å². The van der Waals surface area contributed by atoms with E-state index in [2.05, 4.69) is 59.0 Å². The van der Waals surface area contributed by atoms with Gasteiger partial charge in [0.25, 0.3) is 5.91 Å². The average Bonchev–Trinajstić information content (AvgIpc) is 2.70. The summed E-state index contributed by atoms with van der Waals surface area (Å²) in [4.78, 5) is 12.7. The van der Waals surface area contributed by atoms with E-state index in [1.165, 1.54) is 5.56 Å². The van der Waals surface area contributed by atoms with Crippen molar-refractivity contribution in [3.05, 3.63) is 52.5 Å². The van der Waals surface area contributed by atoms with Gasteiger partial charge >= 0.3 is 0 Å². The van der Waals surface area contributed by atoms with Crippen LogP contribution in [0.25, 0.3) is 0 Å². The second-order valence-electron chi connectivity index (χ2n) is 9.17. The normalized spacial score (nSPS) is 13.1. The number of ether oxygens (including phenoxy) is 1. The number of carbonyl (C=O) groups is 1. The first kappa shape index (κ1) is 24.1. The van der Waals surface area contributed by atoms with Gasteiger partial charge in [0.05, 0.1) is 10.7 Å². The number of nitrogens with one attached hydrogen (secondary N) is 1. The molecule has 3 N–H and O–H groups in total. The van der Waals surface area contributed by atoms with Gasteiger partial charge in [0.15, 0.2) is 6.10 Å². The summed E-state index contributed by atoms with van der Waals surface area (Å²) in [6.45, 7) is 15.0. The first-order valence-electron chi connectivity index (χ1n) is 10.6. The van der Waals surface area contributed by atoms with Crippen molar-refractivity contribution in [2.24, 2.45) is 0 Å². The van der Waals surface area contributed by atoms with Gasteiger partial charge in [0.1, 0.15) is 5.75 Å². The molecule has 0 aliphatic carbocycles. The lowest BCUT2D eigenvalue weighted by atomic mass is 9.76. The van der Waals surface area contributed by atoms with Crippen molar-refractivity contribution >= 4 is 28.9 Å². The highest BCUT2D eigenvalue weighted by Gasteiger charge is 2.28. The molecule has 0 saturated heterocycles. The summed E-state index contributed by atoms with van der Waals surface area (Å²) in [6, 6.07) is 11.4. The predicted molar refractivity (Wildman–Crippen MR) is 128 cm³/mol. The van der Waals surface area contributed by atoms with Crippen molar-refractivity contribution < 1.29 is 9.53 Å². The van der Waals surface area contributed by atoms with Gasteiger partial charge in [-0.3, -0.25) is 4.79 Å². The highest BCUT2D eigenvalue weighted by Crippen LogP contribution is 2.38. The molecular weight excluding hydrogens is 396 g/mol. The monoisotopic (exact) mass is 430 g/mol. The number of nitrogen functional groups attached to an aromatic ring is 1. The second kappa shape index (κ2) is 9.30. The van der Waals surface area contributed by atoms with Crippen LogP contribution in [-0.2, 0) is 15.6 Å². The van der Waals surface area contributed by atoms with E-state index >= 15 is 0 Å². The quantitative estimate of drug-likeness (QED) is 0.457. The van der Waals surface area contributed by atoms with E-state index in [1.54, 1.807) is 25.1 Å². The maximum absolute atomic E-state index is 12.7. The zero-order valence-electron chi connectivity index (χ0n) is 19.2. The van der Waals surface area contributed by atoms with Gasteiger partial charge in [-0.25, -0.2) is 0 Å². The second-order valence-corrected chi connectivity index (χ2v) is 9.58. The summed E-state index contributed by atoms with van der Waals surface area (Å²) in [5.74, 6) is 0.505. The van der Waals surface area contributed by atoms with Gasteiger partial charge in [0.2, 0.25) is 0 Å². The zero-order chi connectivity index (χ0) is 22.7. The maximum Gasteiger partial charge on any atom is 0.265 e. The minimum atomic E-state index is -0.668. The van der Waals surface area contributed by atoms with Crippen LogP contribution in [0.15, 0.2) is 36.4 Å².